The van der Waals surface area contributed by atoms with Crippen molar-refractivity contribution in [3.8, 4) is 11.5 Å². The van der Waals surface area contributed by atoms with E-state index in [1.807, 2.05) is 24.3 Å². The van der Waals surface area contributed by atoms with Crippen LogP contribution >= 0.6 is 11.6 Å². The molecule has 2 heterocycles. The summed E-state index contributed by atoms with van der Waals surface area (Å²) in [6.45, 7) is 4.58. The van der Waals surface area contributed by atoms with Gasteiger partial charge in [-0.3, -0.25) is 9.69 Å². The van der Waals surface area contributed by atoms with Crippen molar-refractivity contribution in [2.24, 2.45) is 0 Å². The Bertz CT molecular complexity index is 1080. The molecule has 8 heteroatoms. The number of para-hydroxylation sites is 1. The van der Waals surface area contributed by atoms with Gasteiger partial charge in [-0.25, -0.2) is 4.98 Å². The summed E-state index contributed by atoms with van der Waals surface area (Å²) >= 11 is 5.86. The normalized spacial score (nSPS) is 14.4. The van der Waals surface area contributed by atoms with E-state index >= 15 is 0 Å². The second-order valence-electron chi connectivity index (χ2n) is 8.12. The van der Waals surface area contributed by atoms with Gasteiger partial charge in [-0.1, -0.05) is 29.8 Å². The Hall–Kier alpha value is -3.29. The predicted molar refractivity (Wildman–Crippen MR) is 135 cm³/mol. The number of carbonyl (C=O) groups excluding carboxylic acids is 1. The number of aromatic nitrogens is 1. The molecule has 1 amide bonds. The van der Waals surface area contributed by atoms with Crippen LogP contribution in [0.1, 0.15) is 12.0 Å². The molecule has 0 spiro atoms. The number of methoxy groups -OCH3 is 1. The van der Waals surface area contributed by atoms with E-state index in [1.54, 1.807) is 37.6 Å². The monoisotopic (exact) mass is 480 g/mol. The van der Waals surface area contributed by atoms with Crippen LogP contribution < -0.4 is 19.7 Å². The first-order valence-corrected chi connectivity index (χ1v) is 11.7. The van der Waals surface area contributed by atoms with E-state index < -0.39 is 0 Å². The summed E-state index contributed by atoms with van der Waals surface area (Å²) in [4.78, 5) is 21.5. The van der Waals surface area contributed by atoms with E-state index in [0.717, 1.165) is 50.7 Å². The summed E-state index contributed by atoms with van der Waals surface area (Å²) in [5.41, 5.74) is 1.85. The van der Waals surface area contributed by atoms with Gasteiger partial charge >= 0.3 is 0 Å². The average Bonchev–Trinajstić information content (AvgIpc) is 3.10. The first kappa shape index (κ1) is 23.9. The predicted octanol–water partition coefficient (Wildman–Crippen LogP) is 4.47. The van der Waals surface area contributed by atoms with Crippen molar-refractivity contribution in [2.45, 2.75) is 13.0 Å². The smallest absolute Gasteiger partial charge is 0.262 e. The molecular formula is C26H29ClN4O3. The van der Waals surface area contributed by atoms with Gasteiger partial charge in [0.25, 0.3) is 5.91 Å². The minimum absolute atomic E-state index is 0.0858. The number of nitrogens with zero attached hydrogens (tertiary/aromatic N) is 3. The molecule has 0 bridgehead atoms. The largest absolute Gasteiger partial charge is 0.496 e. The van der Waals surface area contributed by atoms with Gasteiger partial charge in [0.05, 0.1) is 19.0 Å². The molecule has 1 aliphatic rings. The number of benzene rings is 2. The van der Waals surface area contributed by atoms with Gasteiger partial charge in [0.15, 0.2) is 6.61 Å². The van der Waals surface area contributed by atoms with E-state index in [-0.39, 0.29) is 12.5 Å². The van der Waals surface area contributed by atoms with Crippen LogP contribution in [0.3, 0.4) is 0 Å². The molecule has 0 aliphatic carbocycles. The van der Waals surface area contributed by atoms with E-state index in [4.69, 9.17) is 21.1 Å². The molecule has 0 atom stereocenters. The molecule has 34 heavy (non-hydrogen) atoms. The Labute approximate surface area is 205 Å². The van der Waals surface area contributed by atoms with Crippen molar-refractivity contribution < 1.29 is 14.3 Å². The number of ether oxygens (including phenoxy) is 2. The molecule has 178 valence electrons. The number of rotatable bonds is 8. The third kappa shape index (κ3) is 6.62. The molecule has 3 aromatic rings. The molecule has 0 radical (unpaired) electrons. The van der Waals surface area contributed by atoms with Crippen molar-refractivity contribution in [1.29, 1.82) is 0 Å². The highest BCUT2D eigenvalue weighted by molar-refractivity contribution is 6.30. The Morgan fingerprint density at radius 2 is 1.85 bits per heavy atom. The zero-order chi connectivity index (χ0) is 23.8. The lowest BCUT2D eigenvalue weighted by Crippen LogP contribution is -2.31. The maximum absolute atomic E-state index is 12.2. The number of nitrogens with one attached hydrogen (secondary N) is 1. The van der Waals surface area contributed by atoms with Gasteiger partial charge in [0.1, 0.15) is 17.3 Å². The average molecular weight is 481 g/mol. The molecule has 0 unspecified atom stereocenters. The highest BCUT2D eigenvalue weighted by atomic mass is 35.5. The zero-order valence-electron chi connectivity index (χ0n) is 19.2. The summed E-state index contributed by atoms with van der Waals surface area (Å²) in [5, 5.41) is 3.44. The molecule has 1 aromatic heterocycles. The number of halogens is 1. The number of pyridine rings is 1. The maximum atomic E-state index is 12.2. The highest BCUT2D eigenvalue weighted by Gasteiger charge is 2.17. The Kier molecular flexibility index (Phi) is 8.22. The van der Waals surface area contributed by atoms with Crippen LogP contribution in [0.15, 0.2) is 66.9 Å². The van der Waals surface area contributed by atoms with E-state index in [9.17, 15) is 4.79 Å². The number of hydrogen-bond donors (Lipinski definition) is 1. The molecule has 0 saturated carbocycles. The first-order chi connectivity index (χ1) is 16.6. The maximum Gasteiger partial charge on any atom is 0.262 e. The lowest BCUT2D eigenvalue weighted by Gasteiger charge is -2.23. The van der Waals surface area contributed by atoms with Crippen LogP contribution in [-0.4, -0.2) is 55.7 Å². The molecule has 4 rings (SSSR count). The summed E-state index contributed by atoms with van der Waals surface area (Å²) in [6, 6.07) is 18.9. The van der Waals surface area contributed by atoms with E-state index in [2.05, 4.69) is 32.2 Å². The molecule has 2 aromatic carbocycles. The van der Waals surface area contributed by atoms with Gasteiger partial charge in [-0.2, -0.15) is 0 Å². The Morgan fingerprint density at radius 1 is 1.03 bits per heavy atom. The van der Waals surface area contributed by atoms with E-state index in [1.165, 1.54) is 5.56 Å². The fourth-order valence-corrected chi connectivity index (χ4v) is 4.08. The highest BCUT2D eigenvalue weighted by Crippen LogP contribution is 2.22. The van der Waals surface area contributed by atoms with Crippen molar-refractivity contribution in [1.82, 2.24) is 9.88 Å². The van der Waals surface area contributed by atoms with Crippen LogP contribution in [-0.2, 0) is 11.3 Å². The van der Waals surface area contributed by atoms with Crippen molar-refractivity contribution >= 4 is 29.0 Å². The standard InChI is InChI=1S/C26H29ClN4O3/c1-33-24-6-3-2-5-20(24)18-30-13-4-14-31(16-15-30)25-12-9-22(17-28-25)29-26(32)19-34-23-10-7-21(27)8-11-23/h2-3,5-12,17H,4,13-16,18-19H2,1H3,(H,29,32). The number of carbonyl (C=O) groups is 1. The second kappa shape index (κ2) is 11.7. The van der Waals surface area contributed by atoms with Crippen LogP contribution in [0.5, 0.6) is 11.5 Å². The summed E-state index contributed by atoms with van der Waals surface area (Å²) in [7, 11) is 1.72. The number of amides is 1. The summed E-state index contributed by atoms with van der Waals surface area (Å²) in [6.07, 6.45) is 2.74. The van der Waals surface area contributed by atoms with Gasteiger partial charge in [-0.15, -0.1) is 0 Å². The van der Waals surface area contributed by atoms with Gasteiger partial charge in [0, 0.05) is 43.3 Å². The van der Waals surface area contributed by atoms with Gasteiger partial charge in [0.2, 0.25) is 0 Å². The van der Waals surface area contributed by atoms with Crippen LogP contribution in [0.25, 0.3) is 0 Å². The third-order valence-electron chi connectivity index (χ3n) is 5.71. The number of anilines is 2. The quantitative estimate of drug-likeness (QED) is 0.513. The molecular weight excluding hydrogens is 452 g/mol. The Morgan fingerprint density at radius 3 is 2.62 bits per heavy atom. The first-order valence-electron chi connectivity index (χ1n) is 11.3. The zero-order valence-corrected chi connectivity index (χ0v) is 20.0. The Balaban J connectivity index is 1.27. The minimum Gasteiger partial charge on any atom is -0.496 e. The third-order valence-corrected chi connectivity index (χ3v) is 5.97. The van der Waals surface area contributed by atoms with Crippen LogP contribution in [0, 0.1) is 0 Å². The second-order valence-corrected chi connectivity index (χ2v) is 8.56. The van der Waals surface area contributed by atoms with Crippen molar-refractivity contribution in [3.05, 3.63) is 77.4 Å². The summed E-state index contributed by atoms with van der Waals surface area (Å²) in [5.74, 6) is 2.19. The molecule has 1 fully saturated rings. The fraction of sp³-hybridized carbons (Fsp3) is 0.308. The minimum atomic E-state index is -0.244. The van der Waals surface area contributed by atoms with Crippen molar-refractivity contribution in [3.63, 3.8) is 0 Å². The number of hydrogen-bond acceptors (Lipinski definition) is 6. The lowest BCUT2D eigenvalue weighted by molar-refractivity contribution is -0.118. The molecule has 1 aliphatic heterocycles. The molecule has 7 nitrogen and oxygen atoms in total. The molecule has 1 N–H and O–H groups in total. The molecule has 1 saturated heterocycles. The van der Waals surface area contributed by atoms with Gasteiger partial charge < -0.3 is 19.7 Å². The van der Waals surface area contributed by atoms with Gasteiger partial charge in [-0.05, 0) is 48.9 Å². The van der Waals surface area contributed by atoms with Crippen LogP contribution in [0.4, 0.5) is 11.5 Å². The van der Waals surface area contributed by atoms with Crippen LogP contribution in [0.2, 0.25) is 5.02 Å². The van der Waals surface area contributed by atoms with E-state index in [0.29, 0.717) is 16.5 Å². The fourth-order valence-electron chi connectivity index (χ4n) is 3.96. The van der Waals surface area contributed by atoms with Crippen molar-refractivity contribution in [2.75, 3.05) is 50.1 Å². The SMILES string of the molecule is COc1ccccc1CN1CCCN(c2ccc(NC(=O)COc3ccc(Cl)cc3)cn2)CC1. The topological polar surface area (TPSA) is 66.9 Å². The lowest BCUT2D eigenvalue weighted by atomic mass is 10.2. The summed E-state index contributed by atoms with van der Waals surface area (Å²) < 4.78 is 11.0.